The van der Waals surface area contributed by atoms with Gasteiger partial charge in [-0.15, -0.1) is 0 Å². The number of aliphatic carboxylic acids is 1. The van der Waals surface area contributed by atoms with Crippen molar-refractivity contribution in [1.29, 1.82) is 0 Å². The molecule has 1 N–H and O–H groups in total. The van der Waals surface area contributed by atoms with Gasteiger partial charge >= 0.3 is 5.97 Å². The van der Waals surface area contributed by atoms with Gasteiger partial charge in [-0.25, -0.2) is 4.98 Å². The summed E-state index contributed by atoms with van der Waals surface area (Å²) in [6, 6.07) is 6.36. The van der Waals surface area contributed by atoms with Crippen molar-refractivity contribution in [2.45, 2.75) is 31.6 Å². The lowest BCUT2D eigenvalue weighted by atomic mass is 10.2. The van der Waals surface area contributed by atoms with Crippen molar-refractivity contribution >= 4 is 28.8 Å². The molecule has 0 saturated heterocycles. The van der Waals surface area contributed by atoms with Crippen LogP contribution in [-0.4, -0.2) is 51.4 Å². The molecule has 1 aromatic heterocycles. The minimum Gasteiger partial charge on any atom is -0.481 e. The number of aryl methyl sites for hydroxylation is 1. The Balaban J connectivity index is 2.45. The molecule has 0 radical (unpaired) electrons. The van der Waals surface area contributed by atoms with E-state index in [1.54, 1.807) is 0 Å². The topological polar surface area (TPSA) is 58.4 Å². The van der Waals surface area contributed by atoms with Crippen LogP contribution in [-0.2, 0) is 11.3 Å². The summed E-state index contributed by atoms with van der Waals surface area (Å²) in [4.78, 5) is 17.6. The molecule has 0 amide bonds. The molecule has 1 heterocycles. The number of para-hydroxylation sites is 1. The molecule has 0 aliphatic carbocycles. The molecule has 0 fully saturated rings. The second-order valence-corrected chi connectivity index (χ2v) is 6.39. The number of carboxylic acids is 1. The first-order valence-corrected chi connectivity index (χ1v) is 7.85. The fourth-order valence-corrected chi connectivity index (χ4v) is 2.91. The largest absolute Gasteiger partial charge is 0.481 e. The Labute approximate surface area is 129 Å². The number of nitrogens with zero attached hydrogens (tertiary/aromatic N) is 3. The van der Waals surface area contributed by atoms with Gasteiger partial charge in [0.25, 0.3) is 0 Å². The number of carboxylic acid groups (broad SMARTS) is 1. The number of aromatic nitrogens is 2. The Morgan fingerprint density at radius 3 is 2.81 bits per heavy atom. The average Bonchev–Trinajstić information content (AvgIpc) is 2.75. The van der Waals surface area contributed by atoms with Gasteiger partial charge < -0.3 is 14.6 Å². The summed E-state index contributed by atoms with van der Waals surface area (Å²) in [6.45, 7) is 5.00. The number of hydrogen-bond acceptors (Lipinski definition) is 4. The molecular formula is C15H21N3O2S. The van der Waals surface area contributed by atoms with E-state index < -0.39 is 5.97 Å². The van der Waals surface area contributed by atoms with Gasteiger partial charge in [-0.3, -0.25) is 4.79 Å². The summed E-state index contributed by atoms with van der Waals surface area (Å²) in [7, 11) is 4.08. The van der Waals surface area contributed by atoms with Crippen LogP contribution in [0.3, 0.4) is 0 Å². The Bertz CT molecular complexity index is 652. The van der Waals surface area contributed by atoms with Gasteiger partial charge in [0.15, 0.2) is 5.16 Å². The average molecular weight is 307 g/mol. The third-order valence-electron chi connectivity index (χ3n) is 3.59. The van der Waals surface area contributed by atoms with E-state index in [1.807, 2.05) is 26.2 Å². The highest BCUT2D eigenvalue weighted by Gasteiger charge is 2.17. The van der Waals surface area contributed by atoms with E-state index >= 15 is 0 Å². The van der Waals surface area contributed by atoms with Crippen molar-refractivity contribution in [3.8, 4) is 0 Å². The van der Waals surface area contributed by atoms with Crippen LogP contribution in [0.5, 0.6) is 0 Å². The zero-order valence-corrected chi connectivity index (χ0v) is 13.6. The molecule has 1 atom stereocenters. The molecule has 0 aliphatic heterocycles. The molecule has 0 bridgehead atoms. The van der Waals surface area contributed by atoms with E-state index in [2.05, 4.69) is 34.4 Å². The standard InChI is InChI=1S/C15H21N3O2S/c1-10-6-5-7-12-14(10)18(8-11(2)17(3)4)15(16-12)21-9-13(19)20/h5-7,11H,8-9H2,1-4H3,(H,19,20). The number of benzene rings is 1. The third-order valence-corrected chi connectivity index (χ3v) is 4.55. The number of likely N-dealkylation sites (N-methyl/N-ethyl adjacent to an activating group) is 1. The molecule has 0 aliphatic rings. The SMILES string of the molecule is Cc1cccc2nc(SCC(=O)O)n(CC(C)N(C)C)c12. The predicted molar refractivity (Wildman–Crippen MR) is 86.0 cm³/mol. The maximum Gasteiger partial charge on any atom is 0.313 e. The van der Waals surface area contributed by atoms with Crippen LogP contribution in [0.2, 0.25) is 0 Å². The summed E-state index contributed by atoms with van der Waals surface area (Å²) in [5.74, 6) is -0.797. The van der Waals surface area contributed by atoms with Gasteiger partial charge in [-0.05, 0) is 39.6 Å². The maximum atomic E-state index is 10.8. The Morgan fingerprint density at radius 2 is 2.19 bits per heavy atom. The second-order valence-electron chi connectivity index (χ2n) is 5.44. The minimum absolute atomic E-state index is 0.0265. The van der Waals surface area contributed by atoms with Crippen LogP contribution in [0.15, 0.2) is 23.4 Å². The van der Waals surface area contributed by atoms with Crippen LogP contribution in [0, 0.1) is 6.92 Å². The lowest BCUT2D eigenvalue weighted by molar-refractivity contribution is -0.133. The number of imidazole rings is 1. The first kappa shape index (κ1) is 15.9. The molecule has 1 unspecified atom stereocenters. The number of carbonyl (C=O) groups is 1. The monoisotopic (exact) mass is 307 g/mol. The Kier molecular flexibility index (Phi) is 4.90. The normalized spacial score (nSPS) is 13.0. The van der Waals surface area contributed by atoms with Gasteiger partial charge in [-0.1, -0.05) is 23.9 Å². The molecule has 5 nitrogen and oxygen atoms in total. The quantitative estimate of drug-likeness (QED) is 0.831. The van der Waals surface area contributed by atoms with E-state index in [0.29, 0.717) is 6.04 Å². The summed E-state index contributed by atoms with van der Waals surface area (Å²) in [5.41, 5.74) is 3.18. The highest BCUT2D eigenvalue weighted by Crippen LogP contribution is 2.27. The van der Waals surface area contributed by atoms with E-state index in [1.165, 1.54) is 11.8 Å². The Hall–Kier alpha value is -1.53. The maximum absolute atomic E-state index is 10.8. The first-order valence-electron chi connectivity index (χ1n) is 6.87. The Morgan fingerprint density at radius 1 is 1.48 bits per heavy atom. The van der Waals surface area contributed by atoms with Crippen LogP contribution < -0.4 is 0 Å². The summed E-state index contributed by atoms with van der Waals surface area (Å²) >= 11 is 1.28. The second kappa shape index (κ2) is 6.49. The fraction of sp³-hybridized carbons (Fsp3) is 0.467. The van der Waals surface area contributed by atoms with Gasteiger partial charge in [0, 0.05) is 12.6 Å². The molecule has 1 aromatic carbocycles. The highest BCUT2D eigenvalue weighted by atomic mass is 32.2. The number of thioether (sulfide) groups is 1. The van der Waals surface area contributed by atoms with Gasteiger partial charge in [-0.2, -0.15) is 0 Å². The molecule has 2 rings (SSSR count). The van der Waals surface area contributed by atoms with Gasteiger partial charge in [0.1, 0.15) is 0 Å². The molecule has 0 saturated carbocycles. The van der Waals surface area contributed by atoms with Crippen molar-refractivity contribution in [2.75, 3.05) is 19.8 Å². The van der Waals surface area contributed by atoms with Gasteiger partial charge in [0.05, 0.1) is 16.8 Å². The lowest BCUT2D eigenvalue weighted by Crippen LogP contribution is -2.29. The first-order chi connectivity index (χ1) is 9.90. The van der Waals surface area contributed by atoms with Crippen LogP contribution >= 0.6 is 11.8 Å². The van der Waals surface area contributed by atoms with Crippen molar-refractivity contribution in [3.05, 3.63) is 23.8 Å². The molecule has 6 heteroatoms. The smallest absolute Gasteiger partial charge is 0.313 e. The van der Waals surface area contributed by atoms with E-state index in [0.717, 1.165) is 28.3 Å². The lowest BCUT2D eigenvalue weighted by Gasteiger charge is -2.21. The van der Waals surface area contributed by atoms with Crippen molar-refractivity contribution in [3.63, 3.8) is 0 Å². The predicted octanol–water partition coefficient (Wildman–Crippen LogP) is 2.47. The van der Waals surface area contributed by atoms with Crippen molar-refractivity contribution < 1.29 is 9.90 Å². The zero-order valence-electron chi connectivity index (χ0n) is 12.8. The van der Waals surface area contributed by atoms with E-state index in [-0.39, 0.29) is 5.75 Å². The van der Waals surface area contributed by atoms with E-state index in [9.17, 15) is 4.79 Å². The number of fused-ring (bicyclic) bond motifs is 1. The molecule has 114 valence electrons. The molecule has 21 heavy (non-hydrogen) atoms. The van der Waals surface area contributed by atoms with Crippen LogP contribution in [0.25, 0.3) is 11.0 Å². The van der Waals surface area contributed by atoms with Gasteiger partial charge in [0.2, 0.25) is 0 Å². The molecule has 2 aromatic rings. The number of hydrogen-bond donors (Lipinski definition) is 1. The highest BCUT2D eigenvalue weighted by molar-refractivity contribution is 7.99. The fourth-order valence-electron chi connectivity index (χ4n) is 2.18. The molecule has 0 spiro atoms. The third kappa shape index (κ3) is 3.57. The summed E-state index contributed by atoms with van der Waals surface area (Å²) in [5, 5.41) is 9.67. The van der Waals surface area contributed by atoms with E-state index in [4.69, 9.17) is 5.11 Å². The van der Waals surface area contributed by atoms with Crippen molar-refractivity contribution in [1.82, 2.24) is 14.5 Å². The summed E-state index contributed by atoms with van der Waals surface area (Å²) in [6.07, 6.45) is 0. The van der Waals surface area contributed by atoms with Crippen LogP contribution in [0.4, 0.5) is 0 Å². The van der Waals surface area contributed by atoms with Crippen LogP contribution in [0.1, 0.15) is 12.5 Å². The minimum atomic E-state index is -0.823. The molecular weight excluding hydrogens is 286 g/mol. The van der Waals surface area contributed by atoms with Crippen molar-refractivity contribution in [2.24, 2.45) is 0 Å². The summed E-state index contributed by atoms with van der Waals surface area (Å²) < 4.78 is 2.14. The zero-order chi connectivity index (χ0) is 15.6. The number of rotatable bonds is 6.